The average Bonchev–Trinajstić information content (AvgIpc) is 3.48. The lowest BCUT2D eigenvalue weighted by atomic mass is 10.0. The Bertz CT molecular complexity index is 1080. The van der Waals surface area contributed by atoms with Gasteiger partial charge in [0.25, 0.3) is 0 Å². The number of rotatable bonds is 5. The van der Waals surface area contributed by atoms with E-state index in [0.29, 0.717) is 12.1 Å². The highest BCUT2D eigenvalue weighted by atomic mass is 16.5. The fourth-order valence-electron chi connectivity index (χ4n) is 4.05. The number of allylic oxidation sites excluding steroid dienone is 1. The Morgan fingerprint density at radius 3 is 2.97 bits per heavy atom. The zero-order valence-corrected chi connectivity index (χ0v) is 16.5. The minimum absolute atomic E-state index is 0.292. The number of pyridine rings is 1. The minimum Gasteiger partial charge on any atom is -0.376 e. The third kappa shape index (κ3) is 3.53. The van der Waals surface area contributed by atoms with Gasteiger partial charge in [-0.15, -0.1) is 0 Å². The smallest absolute Gasteiger partial charge is 0.220 e. The molecule has 0 saturated carbocycles. The summed E-state index contributed by atoms with van der Waals surface area (Å²) >= 11 is 0. The van der Waals surface area contributed by atoms with Crippen LogP contribution in [0.5, 0.6) is 0 Å². The van der Waals surface area contributed by atoms with Crippen LogP contribution in [0.4, 0.5) is 5.95 Å². The Balaban J connectivity index is 1.44. The second-order valence-electron chi connectivity index (χ2n) is 7.59. The molecule has 1 saturated heterocycles. The van der Waals surface area contributed by atoms with Gasteiger partial charge in [0.1, 0.15) is 0 Å². The maximum absolute atomic E-state index is 5.93. The van der Waals surface area contributed by atoms with E-state index in [1.165, 1.54) is 0 Å². The van der Waals surface area contributed by atoms with Crippen LogP contribution in [0.3, 0.4) is 0 Å². The van der Waals surface area contributed by atoms with Gasteiger partial charge < -0.3 is 15.0 Å². The fourth-order valence-corrected chi connectivity index (χ4v) is 4.05. The van der Waals surface area contributed by atoms with Crippen LogP contribution in [0, 0.1) is 0 Å². The highest BCUT2D eigenvalue weighted by Crippen LogP contribution is 2.33. The molecule has 0 radical (unpaired) electrons. The number of ether oxygens (including phenoxy) is 1. The Hall–Kier alpha value is -3.06. The van der Waals surface area contributed by atoms with Crippen LogP contribution in [-0.4, -0.2) is 37.2 Å². The predicted octanol–water partition coefficient (Wildman–Crippen LogP) is 3.05. The van der Waals surface area contributed by atoms with Crippen molar-refractivity contribution in [2.24, 2.45) is 0 Å². The van der Waals surface area contributed by atoms with E-state index in [4.69, 9.17) is 10.5 Å². The van der Waals surface area contributed by atoms with E-state index in [1.807, 2.05) is 18.6 Å². The molecule has 0 spiro atoms. The molecule has 148 valence electrons. The van der Waals surface area contributed by atoms with Crippen molar-refractivity contribution in [3.05, 3.63) is 59.6 Å². The van der Waals surface area contributed by atoms with Crippen molar-refractivity contribution in [2.75, 3.05) is 12.3 Å². The fraction of sp³-hybridized carbons (Fsp3) is 0.364. The number of aromatic nitrogens is 5. The van der Waals surface area contributed by atoms with Gasteiger partial charge in [0.2, 0.25) is 5.95 Å². The molecule has 1 aliphatic heterocycles. The lowest BCUT2D eigenvalue weighted by Gasteiger charge is -2.09. The summed E-state index contributed by atoms with van der Waals surface area (Å²) < 4.78 is 7.84. The molecule has 1 atom stereocenters. The van der Waals surface area contributed by atoms with Gasteiger partial charge in [0.05, 0.1) is 29.5 Å². The molecule has 1 unspecified atom stereocenters. The van der Waals surface area contributed by atoms with Crippen molar-refractivity contribution >= 4 is 11.5 Å². The molecule has 2 N–H and O–H groups in total. The molecule has 3 aromatic heterocycles. The molecule has 29 heavy (non-hydrogen) atoms. The maximum atomic E-state index is 5.93. The second kappa shape index (κ2) is 7.40. The first-order chi connectivity index (χ1) is 14.2. The van der Waals surface area contributed by atoms with Crippen LogP contribution in [0.2, 0.25) is 0 Å². The summed E-state index contributed by atoms with van der Waals surface area (Å²) in [5.74, 6) is 0.311. The zero-order valence-electron chi connectivity index (χ0n) is 16.5. The molecule has 2 aliphatic rings. The van der Waals surface area contributed by atoms with Gasteiger partial charge in [-0.1, -0.05) is 13.0 Å². The number of nitrogens with zero attached hydrogens (tertiary/aromatic N) is 5. The second-order valence-corrected chi connectivity index (χ2v) is 7.59. The number of imidazole rings is 1. The van der Waals surface area contributed by atoms with Crippen LogP contribution in [0.25, 0.3) is 16.8 Å². The lowest BCUT2D eigenvalue weighted by Crippen LogP contribution is -2.13. The van der Waals surface area contributed by atoms with E-state index >= 15 is 0 Å². The molecule has 1 aliphatic carbocycles. The molecule has 3 aromatic rings. The predicted molar refractivity (Wildman–Crippen MR) is 111 cm³/mol. The summed E-state index contributed by atoms with van der Waals surface area (Å²) in [5.41, 5.74) is 12.9. The molecule has 5 rings (SSSR count). The quantitative estimate of drug-likeness (QED) is 0.722. The Morgan fingerprint density at radius 1 is 1.21 bits per heavy atom. The van der Waals surface area contributed by atoms with E-state index in [1.54, 1.807) is 0 Å². The summed E-state index contributed by atoms with van der Waals surface area (Å²) in [6.07, 6.45) is 12.2. The van der Waals surface area contributed by atoms with Crippen LogP contribution >= 0.6 is 0 Å². The molecular weight excluding hydrogens is 364 g/mol. The van der Waals surface area contributed by atoms with E-state index in [0.717, 1.165) is 78.3 Å². The van der Waals surface area contributed by atoms with Crippen molar-refractivity contribution < 1.29 is 4.74 Å². The summed E-state index contributed by atoms with van der Waals surface area (Å²) in [6.45, 7) is 3.77. The van der Waals surface area contributed by atoms with Crippen molar-refractivity contribution in [1.29, 1.82) is 0 Å². The molecule has 1 fully saturated rings. The van der Waals surface area contributed by atoms with Gasteiger partial charge in [-0.2, -0.15) is 0 Å². The van der Waals surface area contributed by atoms with Crippen LogP contribution in [0.15, 0.2) is 36.9 Å². The van der Waals surface area contributed by atoms with Crippen LogP contribution in [-0.2, 0) is 24.1 Å². The Labute approximate surface area is 169 Å². The Kier molecular flexibility index (Phi) is 4.60. The topological polar surface area (TPSA) is 91.7 Å². The molecular formula is C22H24N6O. The number of anilines is 1. The van der Waals surface area contributed by atoms with Crippen molar-refractivity contribution in [3.8, 4) is 11.3 Å². The molecule has 0 aromatic carbocycles. The number of nitrogens with two attached hydrogens (primary N) is 1. The minimum atomic E-state index is 0.292. The van der Waals surface area contributed by atoms with Gasteiger partial charge in [0.15, 0.2) is 0 Å². The highest BCUT2D eigenvalue weighted by molar-refractivity contribution is 5.84. The highest BCUT2D eigenvalue weighted by Gasteiger charge is 2.21. The standard InChI is InChI=1S/C22H24N6O/c1-2-15-9-20(27-22(23)26-15)17-5-6-19-18(17)8-14(10-24-19)21-12-28(13-25-21)11-16-4-3-7-29-16/h5,8-10,12-13,16H,2-4,6-7,11H2,1H3,(H2,23,26,27). The zero-order chi connectivity index (χ0) is 19.8. The van der Waals surface area contributed by atoms with Crippen molar-refractivity contribution in [3.63, 3.8) is 0 Å². The van der Waals surface area contributed by atoms with Crippen molar-refractivity contribution in [1.82, 2.24) is 24.5 Å². The van der Waals surface area contributed by atoms with E-state index < -0.39 is 0 Å². The number of aryl methyl sites for hydroxylation is 1. The molecule has 0 bridgehead atoms. The van der Waals surface area contributed by atoms with Gasteiger partial charge in [-0.3, -0.25) is 4.98 Å². The van der Waals surface area contributed by atoms with Crippen molar-refractivity contribution in [2.45, 2.75) is 45.3 Å². The van der Waals surface area contributed by atoms with Crippen LogP contribution < -0.4 is 5.73 Å². The first-order valence-corrected chi connectivity index (χ1v) is 10.2. The van der Waals surface area contributed by atoms with Gasteiger partial charge in [0, 0.05) is 54.4 Å². The lowest BCUT2D eigenvalue weighted by molar-refractivity contribution is 0.0970. The monoisotopic (exact) mass is 388 g/mol. The SMILES string of the molecule is CCc1cc(C2=CCc3ncc(-c4cn(CC5CCCO5)cn4)cc32)nc(N)n1. The molecule has 4 heterocycles. The summed E-state index contributed by atoms with van der Waals surface area (Å²) in [6, 6.07) is 4.17. The molecule has 7 heteroatoms. The molecule has 0 amide bonds. The van der Waals surface area contributed by atoms with E-state index in [2.05, 4.69) is 49.8 Å². The van der Waals surface area contributed by atoms with Gasteiger partial charge >= 0.3 is 0 Å². The number of nitrogen functional groups attached to an aromatic ring is 1. The summed E-state index contributed by atoms with van der Waals surface area (Å²) in [4.78, 5) is 18.0. The van der Waals surface area contributed by atoms with Gasteiger partial charge in [-0.05, 0) is 31.4 Å². The first-order valence-electron chi connectivity index (χ1n) is 10.2. The normalized spacial score (nSPS) is 18.1. The van der Waals surface area contributed by atoms with Gasteiger partial charge in [-0.25, -0.2) is 15.0 Å². The first kappa shape index (κ1) is 18.0. The van der Waals surface area contributed by atoms with Crippen LogP contribution in [0.1, 0.15) is 42.4 Å². The largest absolute Gasteiger partial charge is 0.376 e. The number of hydrogen-bond donors (Lipinski definition) is 1. The van der Waals surface area contributed by atoms with E-state index in [9.17, 15) is 0 Å². The maximum Gasteiger partial charge on any atom is 0.220 e. The number of hydrogen-bond acceptors (Lipinski definition) is 6. The third-order valence-corrected chi connectivity index (χ3v) is 5.56. The third-order valence-electron chi connectivity index (χ3n) is 5.56. The number of fused-ring (bicyclic) bond motifs is 1. The van der Waals surface area contributed by atoms with E-state index in [-0.39, 0.29) is 0 Å². The summed E-state index contributed by atoms with van der Waals surface area (Å²) in [7, 11) is 0. The average molecular weight is 388 g/mol. The Morgan fingerprint density at radius 2 is 2.14 bits per heavy atom. The molecule has 7 nitrogen and oxygen atoms in total. The summed E-state index contributed by atoms with van der Waals surface area (Å²) in [5, 5.41) is 0.